The quantitative estimate of drug-likeness (QED) is 0.724. The molecule has 4 atom stereocenters. The highest BCUT2D eigenvalue weighted by molar-refractivity contribution is 4.93. The summed E-state index contributed by atoms with van der Waals surface area (Å²) in [5.74, 6) is 0.352. The molecule has 102 valence electrons. The Labute approximate surface area is 105 Å². The van der Waals surface area contributed by atoms with Crippen LogP contribution in [0.4, 0.5) is 0 Å². The van der Waals surface area contributed by atoms with Gasteiger partial charge in [0.25, 0.3) is 0 Å². The molecule has 0 amide bonds. The van der Waals surface area contributed by atoms with E-state index in [1.165, 1.54) is 0 Å². The van der Waals surface area contributed by atoms with E-state index in [1.54, 1.807) is 14.2 Å². The first-order valence-electron chi connectivity index (χ1n) is 6.51. The third kappa shape index (κ3) is 3.65. The van der Waals surface area contributed by atoms with E-state index < -0.39 is 0 Å². The molecular formula is C13H27NO3. The fourth-order valence-electron chi connectivity index (χ4n) is 2.55. The van der Waals surface area contributed by atoms with Crippen LogP contribution >= 0.6 is 0 Å². The highest BCUT2D eigenvalue weighted by Gasteiger charge is 2.45. The lowest BCUT2D eigenvalue weighted by atomic mass is 9.80. The van der Waals surface area contributed by atoms with Gasteiger partial charge in [-0.05, 0) is 26.8 Å². The minimum absolute atomic E-state index is 0.142. The lowest BCUT2D eigenvalue weighted by Gasteiger charge is -2.46. The Balaban J connectivity index is 2.64. The molecule has 0 aromatic rings. The van der Waals surface area contributed by atoms with Crippen molar-refractivity contribution in [3.8, 4) is 0 Å². The van der Waals surface area contributed by atoms with Gasteiger partial charge < -0.3 is 19.5 Å². The van der Waals surface area contributed by atoms with Gasteiger partial charge in [0.05, 0.1) is 11.7 Å². The molecular weight excluding hydrogens is 218 g/mol. The number of hydrogen-bond acceptors (Lipinski definition) is 4. The second-order valence-electron chi connectivity index (χ2n) is 5.04. The predicted molar refractivity (Wildman–Crippen MR) is 68.0 cm³/mol. The minimum Gasteiger partial charge on any atom is -0.378 e. The molecule has 0 saturated carbocycles. The summed E-state index contributed by atoms with van der Waals surface area (Å²) in [5.41, 5.74) is -0.181. The van der Waals surface area contributed by atoms with Gasteiger partial charge in [-0.15, -0.1) is 0 Å². The molecule has 1 rings (SSSR count). The van der Waals surface area contributed by atoms with Crippen molar-refractivity contribution in [2.75, 3.05) is 27.3 Å². The van der Waals surface area contributed by atoms with Crippen LogP contribution in [-0.2, 0) is 14.2 Å². The molecule has 1 N–H and O–H groups in total. The molecule has 17 heavy (non-hydrogen) atoms. The molecule has 0 spiro atoms. The van der Waals surface area contributed by atoms with Crippen LogP contribution in [0, 0.1) is 5.92 Å². The van der Waals surface area contributed by atoms with Crippen molar-refractivity contribution in [1.82, 2.24) is 5.32 Å². The second-order valence-corrected chi connectivity index (χ2v) is 5.04. The Kier molecular flexibility index (Phi) is 5.86. The van der Waals surface area contributed by atoms with Crippen molar-refractivity contribution in [3.63, 3.8) is 0 Å². The molecule has 0 bridgehead atoms. The third-order valence-corrected chi connectivity index (χ3v) is 3.81. The van der Waals surface area contributed by atoms with Crippen LogP contribution in [0.1, 0.15) is 33.6 Å². The van der Waals surface area contributed by atoms with Gasteiger partial charge in [-0.1, -0.05) is 6.92 Å². The Hall–Kier alpha value is -0.160. The maximum atomic E-state index is 5.83. The molecule has 0 aromatic heterocycles. The second kappa shape index (κ2) is 6.69. The van der Waals surface area contributed by atoms with Gasteiger partial charge >= 0.3 is 0 Å². The summed E-state index contributed by atoms with van der Waals surface area (Å²) in [4.78, 5) is 0. The fourth-order valence-corrected chi connectivity index (χ4v) is 2.55. The van der Waals surface area contributed by atoms with Crippen LogP contribution in [0.2, 0.25) is 0 Å². The van der Waals surface area contributed by atoms with Crippen LogP contribution in [0.25, 0.3) is 0 Å². The largest absolute Gasteiger partial charge is 0.378 e. The van der Waals surface area contributed by atoms with E-state index in [1.807, 2.05) is 0 Å². The van der Waals surface area contributed by atoms with Gasteiger partial charge in [0.1, 0.15) is 0 Å². The Morgan fingerprint density at radius 3 is 2.65 bits per heavy atom. The zero-order chi connectivity index (χ0) is 12.9. The summed E-state index contributed by atoms with van der Waals surface area (Å²) in [7, 11) is 3.46. The average molecular weight is 245 g/mol. The molecule has 0 radical (unpaired) electrons. The molecule has 1 unspecified atom stereocenters. The van der Waals surface area contributed by atoms with E-state index in [2.05, 4.69) is 26.1 Å². The van der Waals surface area contributed by atoms with Crippen LogP contribution in [0.3, 0.4) is 0 Å². The summed E-state index contributed by atoms with van der Waals surface area (Å²) < 4.78 is 16.9. The SMILES string of the molecule is CCCNCC1[C@H](C)O[C@@H](OC)C[C@@]1(C)OC. The zero-order valence-electron chi connectivity index (χ0n) is 11.8. The van der Waals surface area contributed by atoms with Crippen molar-refractivity contribution in [3.05, 3.63) is 0 Å². The lowest BCUT2D eigenvalue weighted by Crippen LogP contribution is -2.55. The number of methoxy groups -OCH3 is 2. The molecule has 1 aliphatic heterocycles. The molecule has 0 aromatic carbocycles. The normalized spacial score (nSPS) is 38.3. The molecule has 1 heterocycles. The lowest BCUT2D eigenvalue weighted by molar-refractivity contribution is -0.253. The van der Waals surface area contributed by atoms with Crippen molar-refractivity contribution >= 4 is 0 Å². The van der Waals surface area contributed by atoms with Crippen LogP contribution < -0.4 is 5.32 Å². The van der Waals surface area contributed by atoms with Crippen LogP contribution in [0.15, 0.2) is 0 Å². The van der Waals surface area contributed by atoms with E-state index in [0.717, 1.165) is 25.9 Å². The number of nitrogens with one attached hydrogen (secondary N) is 1. The van der Waals surface area contributed by atoms with Crippen LogP contribution in [0.5, 0.6) is 0 Å². The first kappa shape index (κ1) is 14.9. The van der Waals surface area contributed by atoms with Gasteiger partial charge in [-0.2, -0.15) is 0 Å². The number of ether oxygens (including phenoxy) is 3. The first-order chi connectivity index (χ1) is 8.07. The maximum absolute atomic E-state index is 5.83. The Morgan fingerprint density at radius 2 is 2.12 bits per heavy atom. The fraction of sp³-hybridized carbons (Fsp3) is 1.00. The smallest absolute Gasteiger partial charge is 0.160 e. The summed E-state index contributed by atoms with van der Waals surface area (Å²) in [6.07, 6.45) is 1.91. The Bertz CT molecular complexity index is 225. The molecule has 1 aliphatic rings. The van der Waals surface area contributed by atoms with Gasteiger partial charge in [0.2, 0.25) is 0 Å². The average Bonchev–Trinajstić information content (AvgIpc) is 2.32. The summed E-state index contributed by atoms with van der Waals surface area (Å²) in [5, 5.41) is 3.46. The monoisotopic (exact) mass is 245 g/mol. The number of rotatable bonds is 6. The standard InChI is InChI=1S/C13H27NO3/c1-6-7-14-9-11-10(2)17-12(15-4)8-13(11,3)16-5/h10-12,14H,6-9H2,1-5H3/t10-,11?,12+,13+/m0/s1. The topological polar surface area (TPSA) is 39.7 Å². The minimum atomic E-state index is -0.181. The van der Waals surface area contributed by atoms with Gasteiger partial charge in [-0.3, -0.25) is 0 Å². The van der Waals surface area contributed by atoms with Crippen molar-refractivity contribution < 1.29 is 14.2 Å². The molecule has 0 aliphatic carbocycles. The van der Waals surface area contributed by atoms with E-state index in [0.29, 0.717) is 5.92 Å². The van der Waals surface area contributed by atoms with E-state index >= 15 is 0 Å². The van der Waals surface area contributed by atoms with Gasteiger partial charge in [-0.25, -0.2) is 0 Å². The highest BCUT2D eigenvalue weighted by atomic mass is 16.7. The van der Waals surface area contributed by atoms with E-state index in [9.17, 15) is 0 Å². The van der Waals surface area contributed by atoms with Crippen LogP contribution in [-0.4, -0.2) is 45.3 Å². The molecule has 1 saturated heterocycles. The highest BCUT2D eigenvalue weighted by Crippen LogP contribution is 2.36. The summed E-state index contributed by atoms with van der Waals surface area (Å²) in [6.45, 7) is 8.38. The number of hydrogen-bond donors (Lipinski definition) is 1. The molecule has 4 nitrogen and oxygen atoms in total. The predicted octanol–water partition coefficient (Wildman–Crippen LogP) is 1.79. The van der Waals surface area contributed by atoms with Crippen molar-refractivity contribution in [2.45, 2.75) is 51.6 Å². The molecule has 1 fully saturated rings. The zero-order valence-corrected chi connectivity index (χ0v) is 11.8. The van der Waals surface area contributed by atoms with E-state index in [4.69, 9.17) is 14.2 Å². The third-order valence-electron chi connectivity index (χ3n) is 3.81. The van der Waals surface area contributed by atoms with Gasteiger partial charge in [0, 0.05) is 33.1 Å². The van der Waals surface area contributed by atoms with Crippen molar-refractivity contribution in [1.29, 1.82) is 0 Å². The maximum Gasteiger partial charge on any atom is 0.160 e. The summed E-state index contributed by atoms with van der Waals surface area (Å²) >= 11 is 0. The van der Waals surface area contributed by atoms with E-state index in [-0.39, 0.29) is 18.0 Å². The van der Waals surface area contributed by atoms with Gasteiger partial charge in [0.15, 0.2) is 6.29 Å². The van der Waals surface area contributed by atoms with Crippen molar-refractivity contribution in [2.24, 2.45) is 5.92 Å². The first-order valence-corrected chi connectivity index (χ1v) is 6.51. The Morgan fingerprint density at radius 1 is 1.41 bits per heavy atom. The summed E-state index contributed by atoms with van der Waals surface area (Å²) in [6, 6.07) is 0. The molecule has 4 heteroatoms.